The topological polar surface area (TPSA) is 51.2 Å². The Morgan fingerprint density at radius 1 is 1.17 bits per heavy atom. The molecule has 2 aromatic carbocycles. The summed E-state index contributed by atoms with van der Waals surface area (Å²) in [6.07, 6.45) is -3.57. The number of benzene rings is 2. The number of alkyl halides is 3. The number of carbonyl (C=O) groups excluding carboxylic acids is 1. The second kappa shape index (κ2) is 7.87. The number of hydrogen-bond donors (Lipinski definition) is 1. The monoisotopic (exact) mass is 418 g/mol. The minimum atomic E-state index is -4.37. The maximum absolute atomic E-state index is 12.7. The molecule has 150 valence electrons. The lowest BCUT2D eigenvalue weighted by Gasteiger charge is -2.26. The van der Waals surface area contributed by atoms with Crippen LogP contribution in [0.3, 0.4) is 0 Å². The Bertz CT molecular complexity index is 1020. The molecule has 0 spiro atoms. The van der Waals surface area contributed by atoms with Gasteiger partial charge in [-0.05, 0) is 18.2 Å². The lowest BCUT2D eigenvalue weighted by molar-refractivity contribution is -0.137. The summed E-state index contributed by atoms with van der Waals surface area (Å²) >= 11 is 1.30. The van der Waals surface area contributed by atoms with Gasteiger partial charge in [-0.3, -0.25) is 4.79 Å². The van der Waals surface area contributed by atoms with Crippen LogP contribution < -0.4 is 10.1 Å². The molecule has 29 heavy (non-hydrogen) atoms. The second-order valence-corrected chi connectivity index (χ2v) is 7.55. The molecule has 1 atom stereocenters. The number of fused-ring (bicyclic) bond motifs is 1. The average molecular weight is 418 g/mol. The van der Waals surface area contributed by atoms with E-state index in [1.165, 1.54) is 23.5 Å². The second-order valence-electron chi connectivity index (χ2n) is 6.69. The Hall–Kier alpha value is -2.87. The fourth-order valence-corrected chi connectivity index (χ4v) is 4.05. The number of nitrogens with one attached hydrogen (secondary N) is 1. The predicted octanol–water partition coefficient (Wildman–Crippen LogP) is 5.01. The summed E-state index contributed by atoms with van der Waals surface area (Å²) in [5, 5.41) is 5.35. The summed E-state index contributed by atoms with van der Waals surface area (Å²) in [4.78, 5) is 16.9. The minimum Gasteiger partial charge on any atom is -0.493 e. The highest BCUT2D eigenvalue weighted by Gasteiger charge is 2.30. The van der Waals surface area contributed by atoms with E-state index in [-0.39, 0.29) is 18.4 Å². The summed E-state index contributed by atoms with van der Waals surface area (Å²) in [6, 6.07) is 12.4. The molecule has 4 rings (SSSR count). The molecular weight excluding hydrogens is 401 g/mol. The van der Waals surface area contributed by atoms with Gasteiger partial charge in [-0.1, -0.05) is 30.3 Å². The molecule has 1 amide bonds. The van der Waals surface area contributed by atoms with Gasteiger partial charge in [-0.2, -0.15) is 13.2 Å². The number of carbonyl (C=O) groups is 1. The van der Waals surface area contributed by atoms with E-state index in [0.29, 0.717) is 29.3 Å². The van der Waals surface area contributed by atoms with Crippen molar-refractivity contribution in [3.8, 4) is 16.3 Å². The van der Waals surface area contributed by atoms with E-state index < -0.39 is 11.7 Å². The van der Waals surface area contributed by atoms with Crippen LogP contribution in [0.1, 0.15) is 29.3 Å². The van der Waals surface area contributed by atoms with Gasteiger partial charge in [0.15, 0.2) is 0 Å². The van der Waals surface area contributed by atoms with Crippen molar-refractivity contribution in [2.24, 2.45) is 0 Å². The van der Waals surface area contributed by atoms with E-state index in [2.05, 4.69) is 10.3 Å². The standard InChI is InChI=1S/C21H17F3N2O2S/c22-21(23,24)14-7-5-13(6-8-14)20-25-15(12-29-20)11-19(27)26-17-9-10-28-18-4-2-1-3-16(17)18/h1-8,12,17H,9-11H2,(H,26,27). The van der Waals surface area contributed by atoms with Gasteiger partial charge in [0.25, 0.3) is 0 Å². The molecule has 0 bridgehead atoms. The van der Waals surface area contributed by atoms with Gasteiger partial charge in [0, 0.05) is 22.9 Å². The molecule has 8 heteroatoms. The number of hydrogen-bond acceptors (Lipinski definition) is 4. The molecule has 4 nitrogen and oxygen atoms in total. The highest BCUT2D eigenvalue weighted by Crippen LogP contribution is 2.33. The van der Waals surface area contributed by atoms with Gasteiger partial charge >= 0.3 is 6.18 Å². The fraction of sp³-hybridized carbons (Fsp3) is 0.238. The molecule has 0 aliphatic carbocycles. The molecular formula is C21H17F3N2O2S. The van der Waals surface area contributed by atoms with Crippen molar-refractivity contribution in [3.05, 3.63) is 70.7 Å². The molecule has 2 heterocycles. The van der Waals surface area contributed by atoms with Crippen LogP contribution in [0.25, 0.3) is 10.6 Å². The van der Waals surface area contributed by atoms with E-state index in [1.54, 1.807) is 5.38 Å². The first kappa shape index (κ1) is 19.4. The zero-order chi connectivity index (χ0) is 20.4. The number of halogens is 3. The lowest BCUT2D eigenvalue weighted by Crippen LogP contribution is -2.33. The molecule has 0 saturated carbocycles. The number of amides is 1. The summed E-state index contributed by atoms with van der Waals surface area (Å²) in [6.45, 7) is 0.538. The van der Waals surface area contributed by atoms with Crippen LogP contribution in [0, 0.1) is 0 Å². The number of para-hydroxylation sites is 1. The van der Waals surface area contributed by atoms with Crippen molar-refractivity contribution < 1.29 is 22.7 Å². The lowest BCUT2D eigenvalue weighted by atomic mass is 10.0. The third-order valence-electron chi connectivity index (χ3n) is 4.65. The van der Waals surface area contributed by atoms with Crippen LogP contribution in [0.4, 0.5) is 13.2 Å². The van der Waals surface area contributed by atoms with E-state index in [4.69, 9.17) is 4.74 Å². The van der Waals surface area contributed by atoms with E-state index in [9.17, 15) is 18.0 Å². The van der Waals surface area contributed by atoms with E-state index in [1.807, 2.05) is 24.3 Å². The third-order valence-corrected chi connectivity index (χ3v) is 5.59. The average Bonchev–Trinajstić information content (AvgIpc) is 3.16. The van der Waals surface area contributed by atoms with Crippen molar-refractivity contribution in [2.75, 3.05) is 6.61 Å². The van der Waals surface area contributed by atoms with Crippen molar-refractivity contribution in [1.29, 1.82) is 0 Å². The summed E-state index contributed by atoms with van der Waals surface area (Å²) in [5.41, 5.74) is 1.43. The van der Waals surface area contributed by atoms with Crippen molar-refractivity contribution in [3.63, 3.8) is 0 Å². The van der Waals surface area contributed by atoms with Gasteiger partial charge in [0.1, 0.15) is 10.8 Å². The Labute approximate surface area is 169 Å². The number of thiazole rings is 1. The van der Waals surface area contributed by atoms with Gasteiger partial charge in [-0.25, -0.2) is 4.98 Å². The molecule has 3 aromatic rings. The number of aromatic nitrogens is 1. The zero-order valence-electron chi connectivity index (χ0n) is 15.2. The molecule has 1 unspecified atom stereocenters. The fourth-order valence-electron chi connectivity index (χ4n) is 3.22. The summed E-state index contributed by atoms with van der Waals surface area (Å²) in [7, 11) is 0. The number of ether oxygens (including phenoxy) is 1. The highest BCUT2D eigenvalue weighted by atomic mass is 32.1. The molecule has 0 fully saturated rings. The zero-order valence-corrected chi connectivity index (χ0v) is 16.0. The highest BCUT2D eigenvalue weighted by molar-refractivity contribution is 7.13. The molecule has 1 aromatic heterocycles. The molecule has 1 aliphatic rings. The smallest absolute Gasteiger partial charge is 0.416 e. The first-order valence-electron chi connectivity index (χ1n) is 9.03. The van der Waals surface area contributed by atoms with Crippen LogP contribution >= 0.6 is 11.3 Å². The molecule has 1 N–H and O–H groups in total. The van der Waals surface area contributed by atoms with Crippen LogP contribution in [0.5, 0.6) is 5.75 Å². The number of rotatable bonds is 4. The quantitative estimate of drug-likeness (QED) is 0.648. The third kappa shape index (κ3) is 4.42. The van der Waals surface area contributed by atoms with Crippen LogP contribution in [0.2, 0.25) is 0 Å². The van der Waals surface area contributed by atoms with Crippen molar-refractivity contribution in [1.82, 2.24) is 10.3 Å². The SMILES string of the molecule is O=C(Cc1csc(-c2ccc(C(F)(F)F)cc2)n1)NC1CCOc2ccccc21. The van der Waals surface area contributed by atoms with Crippen molar-refractivity contribution in [2.45, 2.75) is 25.1 Å². The Morgan fingerprint density at radius 2 is 1.93 bits per heavy atom. The van der Waals surface area contributed by atoms with Gasteiger partial charge in [-0.15, -0.1) is 11.3 Å². The summed E-state index contributed by atoms with van der Waals surface area (Å²) in [5.74, 6) is 0.623. The van der Waals surface area contributed by atoms with E-state index in [0.717, 1.165) is 23.4 Å². The Morgan fingerprint density at radius 3 is 2.69 bits per heavy atom. The number of nitrogens with zero attached hydrogens (tertiary/aromatic N) is 1. The van der Waals surface area contributed by atoms with Crippen molar-refractivity contribution >= 4 is 17.2 Å². The Balaban J connectivity index is 1.41. The Kier molecular flexibility index (Phi) is 5.27. The molecule has 0 saturated heterocycles. The normalized spacial score (nSPS) is 16.0. The van der Waals surface area contributed by atoms with E-state index >= 15 is 0 Å². The van der Waals surface area contributed by atoms with Crippen LogP contribution in [0.15, 0.2) is 53.9 Å². The minimum absolute atomic E-state index is 0.108. The predicted molar refractivity (Wildman–Crippen MR) is 104 cm³/mol. The van der Waals surface area contributed by atoms with Crippen LogP contribution in [-0.2, 0) is 17.4 Å². The van der Waals surface area contributed by atoms with Gasteiger partial charge in [0.2, 0.25) is 5.91 Å². The van der Waals surface area contributed by atoms with Crippen LogP contribution in [-0.4, -0.2) is 17.5 Å². The molecule has 1 aliphatic heterocycles. The first-order valence-corrected chi connectivity index (χ1v) is 9.91. The maximum Gasteiger partial charge on any atom is 0.416 e. The first-order chi connectivity index (χ1) is 13.9. The molecule has 0 radical (unpaired) electrons. The van der Waals surface area contributed by atoms with Gasteiger partial charge < -0.3 is 10.1 Å². The summed E-state index contributed by atoms with van der Waals surface area (Å²) < 4.78 is 43.7. The van der Waals surface area contributed by atoms with Gasteiger partial charge in [0.05, 0.1) is 30.3 Å². The largest absolute Gasteiger partial charge is 0.493 e. The maximum atomic E-state index is 12.7.